The molecule has 0 bridgehead atoms. The number of amides is 1. The van der Waals surface area contributed by atoms with Crippen molar-refractivity contribution in [3.63, 3.8) is 0 Å². The average Bonchev–Trinajstić information content (AvgIpc) is 2.65. The fourth-order valence-corrected chi connectivity index (χ4v) is 1.88. The van der Waals surface area contributed by atoms with Crippen molar-refractivity contribution >= 4 is 5.91 Å². The molecule has 3 nitrogen and oxygen atoms in total. The van der Waals surface area contributed by atoms with Gasteiger partial charge in [-0.2, -0.15) is 5.26 Å². The van der Waals surface area contributed by atoms with E-state index in [-0.39, 0.29) is 11.7 Å². The van der Waals surface area contributed by atoms with Crippen LogP contribution in [0.2, 0.25) is 0 Å². The molecule has 1 aromatic carbocycles. The normalized spacial score (nSPS) is 15.2. The Morgan fingerprint density at radius 3 is 2.94 bits per heavy atom. The van der Waals surface area contributed by atoms with Gasteiger partial charge >= 0.3 is 0 Å². The molecule has 1 fully saturated rings. The van der Waals surface area contributed by atoms with Crippen LogP contribution in [0, 0.1) is 17.1 Å². The Morgan fingerprint density at radius 1 is 1.50 bits per heavy atom. The predicted molar refractivity (Wildman–Crippen MR) is 55.8 cm³/mol. The van der Waals surface area contributed by atoms with Gasteiger partial charge in [0.25, 0.3) is 0 Å². The van der Waals surface area contributed by atoms with Crippen molar-refractivity contribution in [1.82, 2.24) is 4.90 Å². The van der Waals surface area contributed by atoms with Crippen molar-refractivity contribution in [3.05, 3.63) is 35.1 Å². The molecular weight excluding hydrogens is 207 g/mol. The number of rotatable bonds is 2. The second kappa shape index (κ2) is 4.31. The van der Waals surface area contributed by atoms with Crippen LogP contribution in [0.4, 0.5) is 4.39 Å². The molecule has 0 aliphatic carbocycles. The summed E-state index contributed by atoms with van der Waals surface area (Å²) in [5, 5.41) is 8.87. The highest BCUT2D eigenvalue weighted by atomic mass is 19.1. The van der Waals surface area contributed by atoms with Crippen molar-refractivity contribution in [2.75, 3.05) is 6.54 Å². The highest BCUT2D eigenvalue weighted by Crippen LogP contribution is 2.17. The molecule has 1 aliphatic heterocycles. The van der Waals surface area contributed by atoms with Crippen molar-refractivity contribution in [1.29, 1.82) is 5.26 Å². The van der Waals surface area contributed by atoms with Crippen molar-refractivity contribution in [2.45, 2.75) is 19.4 Å². The lowest BCUT2D eigenvalue weighted by molar-refractivity contribution is -0.128. The first-order valence-corrected chi connectivity index (χ1v) is 5.17. The third-order valence-corrected chi connectivity index (χ3v) is 2.72. The van der Waals surface area contributed by atoms with Gasteiger partial charge in [-0.15, -0.1) is 0 Å². The Balaban J connectivity index is 2.23. The van der Waals surface area contributed by atoms with Gasteiger partial charge in [-0.25, -0.2) is 4.39 Å². The van der Waals surface area contributed by atoms with E-state index in [9.17, 15) is 9.18 Å². The smallest absolute Gasteiger partial charge is 0.222 e. The minimum atomic E-state index is -0.374. The topological polar surface area (TPSA) is 44.1 Å². The first-order valence-electron chi connectivity index (χ1n) is 5.17. The van der Waals surface area contributed by atoms with Crippen LogP contribution in [-0.2, 0) is 11.3 Å². The second-order valence-electron chi connectivity index (χ2n) is 3.83. The molecule has 0 atom stereocenters. The van der Waals surface area contributed by atoms with E-state index in [0.29, 0.717) is 30.6 Å². The molecule has 1 saturated heterocycles. The van der Waals surface area contributed by atoms with Crippen LogP contribution in [0.15, 0.2) is 18.2 Å². The summed E-state index contributed by atoms with van der Waals surface area (Å²) in [7, 11) is 0. The number of likely N-dealkylation sites (tertiary alicyclic amines) is 1. The molecular formula is C12H11FN2O. The molecule has 16 heavy (non-hydrogen) atoms. The summed E-state index contributed by atoms with van der Waals surface area (Å²) >= 11 is 0. The molecule has 0 radical (unpaired) electrons. The van der Waals surface area contributed by atoms with E-state index in [0.717, 1.165) is 6.42 Å². The fraction of sp³-hybridized carbons (Fsp3) is 0.333. The molecule has 0 aromatic heterocycles. The van der Waals surface area contributed by atoms with Crippen molar-refractivity contribution in [3.8, 4) is 6.07 Å². The Morgan fingerprint density at radius 2 is 2.31 bits per heavy atom. The van der Waals surface area contributed by atoms with Gasteiger partial charge in [0, 0.05) is 19.5 Å². The Labute approximate surface area is 93.1 Å². The van der Waals surface area contributed by atoms with Gasteiger partial charge in [0.2, 0.25) is 5.91 Å². The largest absolute Gasteiger partial charge is 0.338 e. The second-order valence-corrected chi connectivity index (χ2v) is 3.83. The fourth-order valence-electron chi connectivity index (χ4n) is 1.88. The monoisotopic (exact) mass is 218 g/mol. The summed E-state index contributed by atoms with van der Waals surface area (Å²) in [6.45, 7) is 1.03. The third-order valence-electron chi connectivity index (χ3n) is 2.72. The molecule has 2 rings (SSSR count). The maximum absolute atomic E-state index is 13.0. The molecule has 4 heteroatoms. The number of carbonyl (C=O) groups excluding carboxylic acids is 1. The van der Waals surface area contributed by atoms with E-state index in [4.69, 9.17) is 5.26 Å². The van der Waals surface area contributed by atoms with Crippen molar-refractivity contribution < 1.29 is 9.18 Å². The Bertz CT molecular complexity index is 465. The number of halogens is 1. The number of hydrogen-bond acceptors (Lipinski definition) is 2. The Hall–Kier alpha value is -1.89. The first kappa shape index (κ1) is 10.6. The zero-order valence-corrected chi connectivity index (χ0v) is 8.74. The standard InChI is InChI=1S/C12H11FN2O/c13-11-4-3-9(7-14)10(6-11)8-15-5-1-2-12(15)16/h3-4,6H,1-2,5,8H2. The molecule has 82 valence electrons. The van der Waals surface area contributed by atoms with Crippen LogP contribution in [0.1, 0.15) is 24.0 Å². The summed E-state index contributed by atoms with van der Waals surface area (Å²) in [5.74, 6) is -0.297. The van der Waals surface area contributed by atoms with Gasteiger partial charge in [-0.1, -0.05) is 0 Å². The molecule has 1 heterocycles. The van der Waals surface area contributed by atoms with Crippen LogP contribution in [0.3, 0.4) is 0 Å². The van der Waals surface area contributed by atoms with Gasteiger partial charge in [0.15, 0.2) is 0 Å². The summed E-state index contributed by atoms with van der Waals surface area (Å²) in [6, 6.07) is 6.04. The van der Waals surface area contributed by atoms with Crippen LogP contribution in [-0.4, -0.2) is 17.4 Å². The summed E-state index contributed by atoms with van der Waals surface area (Å²) < 4.78 is 13.0. The van der Waals surface area contributed by atoms with Gasteiger partial charge < -0.3 is 4.90 Å². The van der Waals surface area contributed by atoms with E-state index >= 15 is 0 Å². The van der Waals surface area contributed by atoms with Gasteiger partial charge in [-0.3, -0.25) is 4.79 Å². The first-order chi connectivity index (χ1) is 7.70. The summed E-state index contributed by atoms with van der Waals surface area (Å²) in [5.41, 5.74) is 1.01. The molecule has 1 aliphatic rings. The Kier molecular flexibility index (Phi) is 2.86. The molecule has 1 aromatic rings. The van der Waals surface area contributed by atoms with E-state index in [1.54, 1.807) is 4.90 Å². The van der Waals surface area contributed by atoms with Gasteiger partial charge in [0.05, 0.1) is 11.6 Å². The van der Waals surface area contributed by atoms with E-state index in [1.165, 1.54) is 18.2 Å². The van der Waals surface area contributed by atoms with Crippen LogP contribution in [0.5, 0.6) is 0 Å². The molecule has 0 unspecified atom stereocenters. The summed E-state index contributed by atoms with van der Waals surface area (Å²) in [4.78, 5) is 13.1. The van der Waals surface area contributed by atoms with Crippen molar-refractivity contribution in [2.24, 2.45) is 0 Å². The quantitative estimate of drug-likeness (QED) is 0.760. The van der Waals surface area contributed by atoms with Gasteiger partial charge in [-0.05, 0) is 30.2 Å². The minimum Gasteiger partial charge on any atom is -0.338 e. The highest BCUT2D eigenvalue weighted by Gasteiger charge is 2.21. The minimum absolute atomic E-state index is 0.0770. The number of nitrogens with zero attached hydrogens (tertiary/aromatic N) is 2. The number of benzene rings is 1. The lowest BCUT2D eigenvalue weighted by Crippen LogP contribution is -2.24. The number of hydrogen-bond donors (Lipinski definition) is 0. The SMILES string of the molecule is N#Cc1ccc(F)cc1CN1CCCC1=O. The molecule has 0 saturated carbocycles. The van der Waals surface area contributed by atoms with E-state index in [2.05, 4.69) is 0 Å². The van der Waals surface area contributed by atoms with E-state index in [1.807, 2.05) is 6.07 Å². The highest BCUT2D eigenvalue weighted by molar-refractivity contribution is 5.78. The molecule has 0 spiro atoms. The molecule has 1 amide bonds. The zero-order chi connectivity index (χ0) is 11.5. The van der Waals surface area contributed by atoms with Crippen LogP contribution < -0.4 is 0 Å². The predicted octanol–water partition coefficient (Wildman–Crippen LogP) is 1.82. The maximum Gasteiger partial charge on any atom is 0.222 e. The lowest BCUT2D eigenvalue weighted by Gasteiger charge is -2.16. The number of carbonyl (C=O) groups is 1. The molecule has 0 N–H and O–H groups in total. The third kappa shape index (κ3) is 2.03. The zero-order valence-electron chi connectivity index (χ0n) is 8.74. The van der Waals surface area contributed by atoms with Gasteiger partial charge in [0.1, 0.15) is 5.82 Å². The van der Waals surface area contributed by atoms with Crippen LogP contribution >= 0.6 is 0 Å². The summed E-state index contributed by atoms with van der Waals surface area (Å²) in [6.07, 6.45) is 1.40. The number of nitriles is 1. The van der Waals surface area contributed by atoms with Crippen LogP contribution in [0.25, 0.3) is 0 Å². The lowest BCUT2D eigenvalue weighted by atomic mass is 10.1. The maximum atomic E-state index is 13.0. The average molecular weight is 218 g/mol. The van der Waals surface area contributed by atoms with E-state index < -0.39 is 0 Å².